The second-order valence-electron chi connectivity index (χ2n) is 4.59. The third-order valence-corrected chi connectivity index (χ3v) is 3.09. The predicted molar refractivity (Wildman–Crippen MR) is 65.1 cm³/mol. The lowest BCUT2D eigenvalue weighted by Gasteiger charge is -2.17. The topological polar surface area (TPSA) is 52.9 Å². The highest BCUT2D eigenvalue weighted by Crippen LogP contribution is 2.42. The van der Waals surface area contributed by atoms with Gasteiger partial charge in [0.1, 0.15) is 6.04 Å². The molecule has 2 atom stereocenters. The van der Waals surface area contributed by atoms with E-state index in [-0.39, 0.29) is 11.8 Å². The summed E-state index contributed by atoms with van der Waals surface area (Å²) >= 11 is 0. The first-order valence-corrected chi connectivity index (χ1v) is 5.97. The highest BCUT2D eigenvalue weighted by atomic mass is 16.2. The molecule has 1 fully saturated rings. The fourth-order valence-electron chi connectivity index (χ4n) is 2.06. The number of hydrogen-bond donors (Lipinski definition) is 1. The first-order valence-electron chi connectivity index (χ1n) is 5.97. The molecule has 1 saturated carbocycles. The zero-order chi connectivity index (χ0) is 12.3. The number of carbonyl (C=O) groups is 1. The maximum Gasteiger partial charge on any atom is 0.228 e. The second-order valence-corrected chi connectivity index (χ2v) is 4.59. The van der Waals surface area contributed by atoms with E-state index in [1.54, 1.807) is 6.92 Å². The highest BCUT2D eigenvalue weighted by Gasteiger charge is 2.37. The van der Waals surface area contributed by atoms with Gasteiger partial charge in [0.25, 0.3) is 0 Å². The monoisotopic (exact) mass is 228 g/mol. The van der Waals surface area contributed by atoms with Crippen LogP contribution in [0.15, 0.2) is 30.3 Å². The molecule has 2 unspecified atom stereocenters. The van der Waals surface area contributed by atoms with Gasteiger partial charge in [0.2, 0.25) is 5.91 Å². The summed E-state index contributed by atoms with van der Waals surface area (Å²) in [5.41, 5.74) is 1.05. The molecule has 1 aliphatic rings. The van der Waals surface area contributed by atoms with Gasteiger partial charge in [0.15, 0.2) is 0 Å². The van der Waals surface area contributed by atoms with Crippen LogP contribution in [-0.2, 0) is 4.79 Å². The van der Waals surface area contributed by atoms with Crippen LogP contribution in [0.25, 0.3) is 0 Å². The SMILES string of the molecule is CC(C#N)NC(=O)C(c1ccccc1)C1CC1. The zero-order valence-corrected chi connectivity index (χ0v) is 9.89. The Kier molecular flexibility index (Phi) is 3.43. The smallest absolute Gasteiger partial charge is 0.228 e. The lowest BCUT2D eigenvalue weighted by Crippen LogP contribution is -2.36. The number of rotatable bonds is 4. The Balaban J connectivity index is 2.13. The van der Waals surface area contributed by atoms with Crippen LogP contribution in [-0.4, -0.2) is 11.9 Å². The summed E-state index contributed by atoms with van der Waals surface area (Å²) in [5, 5.41) is 11.5. The van der Waals surface area contributed by atoms with E-state index in [2.05, 4.69) is 5.32 Å². The van der Waals surface area contributed by atoms with Gasteiger partial charge < -0.3 is 5.32 Å². The summed E-state index contributed by atoms with van der Waals surface area (Å²) in [4.78, 5) is 12.1. The average Bonchev–Trinajstić information content (AvgIpc) is 3.15. The normalized spacial score (nSPS) is 17.9. The minimum atomic E-state index is -0.424. The van der Waals surface area contributed by atoms with Crippen molar-refractivity contribution in [2.24, 2.45) is 5.92 Å². The molecule has 3 nitrogen and oxygen atoms in total. The third-order valence-electron chi connectivity index (χ3n) is 3.09. The van der Waals surface area contributed by atoms with Gasteiger partial charge in [0, 0.05) is 0 Å². The largest absolute Gasteiger partial charge is 0.340 e. The van der Waals surface area contributed by atoms with Crippen molar-refractivity contribution in [3.63, 3.8) is 0 Å². The highest BCUT2D eigenvalue weighted by molar-refractivity contribution is 5.84. The number of benzene rings is 1. The minimum absolute atomic E-state index is 0.0206. The molecule has 1 N–H and O–H groups in total. The number of amides is 1. The first kappa shape index (κ1) is 11.7. The molecule has 0 heterocycles. The Morgan fingerprint density at radius 2 is 2.06 bits per heavy atom. The molecular weight excluding hydrogens is 212 g/mol. The van der Waals surface area contributed by atoms with Crippen molar-refractivity contribution >= 4 is 5.91 Å². The van der Waals surface area contributed by atoms with Crippen molar-refractivity contribution in [2.75, 3.05) is 0 Å². The van der Waals surface area contributed by atoms with Gasteiger partial charge in [-0.15, -0.1) is 0 Å². The predicted octanol–water partition coefficient (Wildman–Crippen LogP) is 2.21. The van der Waals surface area contributed by atoms with Crippen LogP contribution < -0.4 is 5.32 Å². The molecule has 0 radical (unpaired) electrons. The Morgan fingerprint density at radius 1 is 1.41 bits per heavy atom. The Morgan fingerprint density at radius 3 is 2.59 bits per heavy atom. The second kappa shape index (κ2) is 5.01. The molecule has 0 aliphatic heterocycles. The van der Waals surface area contributed by atoms with E-state index >= 15 is 0 Å². The van der Waals surface area contributed by atoms with Crippen molar-refractivity contribution in [1.29, 1.82) is 5.26 Å². The van der Waals surface area contributed by atoms with E-state index in [0.717, 1.165) is 18.4 Å². The van der Waals surface area contributed by atoms with Crippen LogP contribution >= 0.6 is 0 Å². The van der Waals surface area contributed by atoms with Crippen molar-refractivity contribution in [1.82, 2.24) is 5.32 Å². The molecule has 0 saturated heterocycles. The van der Waals surface area contributed by atoms with Gasteiger partial charge in [-0.2, -0.15) is 5.26 Å². The molecule has 0 spiro atoms. The fraction of sp³-hybridized carbons (Fsp3) is 0.429. The molecule has 1 aromatic rings. The van der Waals surface area contributed by atoms with Gasteiger partial charge >= 0.3 is 0 Å². The number of nitrogens with zero attached hydrogens (tertiary/aromatic N) is 1. The number of carbonyl (C=O) groups excluding carboxylic acids is 1. The summed E-state index contributed by atoms with van der Waals surface area (Å²) in [6.07, 6.45) is 2.21. The lowest BCUT2D eigenvalue weighted by molar-refractivity contribution is -0.123. The van der Waals surface area contributed by atoms with E-state index in [0.29, 0.717) is 5.92 Å². The molecule has 1 aliphatic carbocycles. The molecule has 88 valence electrons. The Bertz CT molecular complexity index is 431. The third kappa shape index (κ3) is 2.85. The van der Waals surface area contributed by atoms with Crippen LogP contribution in [0.3, 0.4) is 0 Å². The standard InChI is InChI=1S/C14H16N2O/c1-10(9-15)16-14(17)13(12-7-8-12)11-5-3-2-4-6-11/h2-6,10,12-13H,7-8H2,1H3,(H,16,17). The summed E-state index contributed by atoms with van der Waals surface area (Å²) in [7, 11) is 0. The molecular formula is C14H16N2O. The van der Waals surface area contributed by atoms with Gasteiger partial charge in [-0.25, -0.2) is 0 Å². The maximum atomic E-state index is 12.1. The van der Waals surface area contributed by atoms with Gasteiger partial charge in [-0.1, -0.05) is 30.3 Å². The number of nitrogens with one attached hydrogen (secondary N) is 1. The average molecular weight is 228 g/mol. The van der Waals surface area contributed by atoms with Gasteiger partial charge in [-0.05, 0) is 31.2 Å². The van der Waals surface area contributed by atoms with Gasteiger partial charge in [-0.3, -0.25) is 4.79 Å². The fourth-order valence-corrected chi connectivity index (χ4v) is 2.06. The number of hydrogen-bond acceptors (Lipinski definition) is 2. The van der Waals surface area contributed by atoms with E-state index in [4.69, 9.17) is 5.26 Å². The summed E-state index contributed by atoms with van der Waals surface area (Å²) in [6, 6.07) is 11.4. The van der Waals surface area contributed by atoms with Crippen molar-refractivity contribution in [2.45, 2.75) is 31.7 Å². The van der Waals surface area contributed by atoms with E-state index in [9.17, 15) is 4.79 Å². The first-order chi connectivity index (χ1) is 8.22. The van der Waals surface area contributed by atoms with E-state index < -0.39 is 6.04 Å². The summed E-state index contributed by atoms with van der Waals surface area (Å²) in [6.45, 7) is 1.70. The van der Waals surface area contributed by atoms with Crippen LogP contribution in [0.1, 0.15) is 31.2 Å². The van der Waals surface area contributed by atoms with Crippen molar-refractivity contribution in [3.05, 3.63) is 35.9 Å². The zero-order valence-electron chi connectivity index (χ0n) is 9.89. The molecule has 0 aromatic heterocycles. The Hall–Kier alpha value is -1.82. The van der Waals surface area contributed by atoms with Crippen molar-refractivity contribution in [3.8, 4) is 6.07 Å². The molecule has 2 rings (SSSR count). The summed E-state index contributed by atoms with van der Waals surface area (Å²) < 4.78 is 0. The van der Waals surface area contributed by atoms with Crippen LogP contribution in [0.4, 0.5) is 0 Å². The van der Waals surface area contributed by atoms with Crippen LogP contribution in [0, 0.1) is 17.2 Å². The van der Waals surface area contributed by atoms with Gasteiger partial charge in [0.05, 0.1) is 12.0 Å². The molecule has 1 aromatic carbocycles. The lowest BCUT2D eigenvalue weighted by atomic mass is 9.93. The molecule has 17 heavy (non-hydrogen) atoms. The molecule has 0 bridgehead atoms. The maximum absolute atomic E-state index is 12.1. The van der Waals surface area contributed by atoms with E-state index in [1.165, 1.54) is 0 Å². The van der Waals surface area contributed by atoms with Crippen LogP contribution in [0.5, 0.6) is 0 Å². The number of nitriles is 1. The Labute approximate surface area is 101 Å². The quantitative estimate of drug-likeness (QED) is 0.859. The summed E-state index contributed by atoms with van der Waals surface area (Å²) in [5.74, 6) is 0.336. The van der Waals surface area contributed by atoms with Crippen molar-refractivity contribution < 1.29 is 4.79 Å². The van der Waals surface area contributed by atoms with Crippen LogP contribution in [0.2, 0.25) is 0 Å². The molecule has 1 amide bonds. The minimum Gasteiger partial charge on any atom is -0.340 e. The van der Waals surface area contributed by atoms with E-state index in [1.807, 2.05) is 36.4 Å². The molecule has 3 heteroatoms.